The number of hydrogen-bond acceptors (Lipinski definition) is 6. The summed E-state index contributed by atoms with van der Waals surface area (Å²) >= 11 is 1.34. The number of carbonyl (C=O) groups excluding carboxylic acids is 1. The third-order valence-corrected chi connectivity index (χ3v) is 4.70. The Hall–Kier alpha value is -1.34. The first-order valence-electron chi connectivity index (χ1n) is 6.95. The lowest BCUT2D eigenvalue weighted by atomic mass is 10.1. The predicted octanol–water partition coefficient (Wildman–Crippen LogP) is 1.34. The first-order valence-corrected chi connectivity index (χ1v) is 7.76. The maximum Gasteiger partial charge on any atom is 0.265 e. The minimum absolute atomic E-state index is 0.130. The zero-order valence-corrected chi connectivity index (χ0v) is 12.8. The number of anilines is 2. The number of amides is 1. The maximum atomic E-state index is 12.1. The number of hydrogen-bond donors (Lipinski definition) is 2. The fraction of sp³-hybridized carbons (Fsp3) is 0.692. The molecule has 0 aliphatic carbocycles. The molecule has 7 heteroatoms. The third-order valence-electron chi connectivity index (χ3n) is 3.51. The molecule has 1 fully saturated rings. The van der Waals surface area contributed by atoms with Crippen molar-refractivity contribution in [1.29, 1.82) is 0 Å². The summed E-state index contributed by atoms with van der Waals surface area (Å²) in [6.07, 6.45) is 2.04. The van der Waals surface area contributed by atoms with Crippen LogP contribution in [0.4, 0.5) is 10.9 Å². The molecule has 0 aromatic carbocycles. The number of nitrogens with two attached hydrogens (primary N) is 1. The summed E-state index contributed by atoms with van der Waals surface area (Å²) in [6, 6.07) is 0. The molecule has 1 aromatic heterocycles. The summed E-state index contributed by atoms with van der Waals surface area (Å²) in [5, 5.41) is 3.69. The van der Waals surface area contributed by atoms with Gasteiger partial charge < -0.3 is 20.7 Å². The van der Waals surface area contributed by atoms with Crippen LogP contribution < -0.4 is 16.0 Å². The standard InChI is InChI=1S/C13H22N4O2S/c1-3-17(2)13-16-11(14)10(20-13)12(18)15-6-4-9-5-7-19-8-9/h9H,3-8,14H2,1-2H3,(H,15,18). The molecule has 2 heterocycles. The Morgan fingerprint density at radius 2 is 2.45 bits per heavy atom. The first-order chi connectivity index (χ1) is 9.61. The number of nitrogens with zero attached hydrogens (tertiary/aromatic N) is 2. The van der Waals surface area contributed by atoms with E-state index < -0.39 is 0 Å². The van der Waals surface area contributed by atoms with E-state index in [4.69, 9.17) is 10.5 Å². The number of ether oxygens (including phenoxy) is 1. The summed E-state index contributed by atoms with van der Waals surface area (Å²) in [4.78, 5) is 18.8. The van der Waals surface area contributed by atoms with Crippen LogP contribution in [0, 0.1) is 5.92 Å². The summed E-state index contributed by atoms with van der Waals surface area (Å²) in [5.74, 6) is 0.748. The highest BCUT2D eigenvalue weighted by Gasteiger charge is 2.19. The Bertz CT molecular complexity index is 457. The van der Waals surface area contributed by atoms with Gasteiger partial charge in [-0.1, -0.05) is 11.3 Å². The van der Waals surface area contributed by atoms with Gasteiger partial charge in [0.2, 0.25) is 0 Å². The topological polar surface area (TPSA) is 80.5 Å². The van der Waals surface area contributed by atoms with Crippen molar-refractivity contribution in [2.45, 2.75) is 19.8 Å². The Morgan fingerprint density at radius 3 is 3.10 bits per heavy atom. The number of thiazole rings is 1. The molecular weight excluding hydrogens is 276 g/mol. The van der Waals surface area contributed by atoms with Crippen LogP contribution in [0.25, 0.3) is 0 Å². The molecule has 1 atom stereocenters. The fourth-order valence-electron chi connectivity index (χ4n) is 2.06. The number of rotatable bonds is 6. The largest absolute Gasteiger partial charge is 0.382 e. The lowest BCUT2D eigenvalue weighted by Gasteiger charge is -2.11. The molecular formula is C13H22N4O2S. The van der Waals surface area contributed by atoms with Gasteiger partial charge in [-0.3, -0.25) is 4.79 Å². The SMILES string of the molecule is CCN(C)c1nc(N)c(C(=O)NCCC2CCOC2)s1. The van der Waals surface area contributed by atoms with Crippen molar-refractivity contribution >= 4 is 28.2 Å². The number of nitrogens with one attached hydrogen (secondary N) is 1. The van der Waals surface area contributed by atoms with Gasteiger partial charge in [-0.15, -0.1) is 0 Å². The molecule has 1 unspecified atom stereocenters. The normalized spacial score (nSPS) is 18.2. The second kappa shape index (κ2) is 6.90. The van der Waals surface area contributed by atoms with Crippen LogP contribution >= 0.6 is 11.3 Å². The van der Waals surface area contributed by atoms with E-state index in [-0.39, 0.29) is 5.91 Å². The van der Waals surface area contributed by atoms with Gasteiger partial charge >= 0.3 is 0 Å². The van der Waals surface area contributed by atoms with Gasteiger partial charge in [0.15, 0.2) is 5.13 Å². The van der Waals surface area contributed by atoms with Crippen molar-refractivity contribution in [2.75, 3.05) is 44.0 Å². The van der Waals surface area contributed by atoms with Crippen molar-refractivity contribution in [3.05, 3.63) is 4.88 Å². The number of aromatic nitrogens is 1. The van der Waals surface area contributed by atoms with Crippen molar-refractivity contribution in [3.8, 4) is 0 Å². The highest BCUT2D eigenvalue weighted by Crippen LogP contribution is 2.27. The van der Waals surface area contributed by atoms with E-state index in [1.807, 2.05) is 18.9 Å². The summed E-state index contributed by atoms with van der Waals surface area (Å²) in [6.45, 7) is 5.16. The predicted molar refractivity (Wildman–Crippen MR) is 81.3 cm³/mol. The minimum Gasteiger partial charge on any atom is -0.382 e. The molecule has 0 spiro atoms. The Balaban J connectivity index is 1.86. The van der Waals surface area contributed by atoms with Crippen molar-refractivity contribution < 1.29 is 9.53 Å². The second-order valence-electron chi connectivity index (χ2n) is 5.00. The van der Waals surface area contributed by atoms with Gasteiger partial charge in [0.1, 0.15) is 10.7 Å². The third kappa shape index (κ3) is 3.61. The van der Waals surface area contributed by atoms with Crippen LogP contribution in [0.5, 0.6) is 0 Å². The van der Waals surface area contributed by atoms with Gasteiger partial charge in [0, 0.05) is 33.4 Å². The highest BCUT2D eigenvalue weighted by molar-refractivity contribution is 7.18. The van der Waals surface area contributed by atoms with E-state index in [1.165, 1.54) is 11.3 Å². The smallest absolute Gasteiger partial charge is 0.265 e. The lowest BCUT2D eigenvalue weighted by Crippen LogP contribution is -2.26. The van der Waals surface area contributed by atoms with E-state index in [2.05, 4.69) is 10.3 Å². The van der Waals surface area contributed by atoms with Gasteiger partial charge in [0.05, 0.1) is 0 Å². The molecule has 2 rings (SSSR count). The minimum atomic E-state index is -0.130. The summed E-state index contributed by atoms with van der Waals surface area (Å²) in [7, 11) is 1.93. The van der Waals surface area contributed by atoms with Crippen molar-refractivity contribution in [3.63, 3.8) is 0 Å². The van der Waals surface area contributed by atoms with Gasteiger partial charge in [0.25, 0.3) is 5.91 Å². The zero-order valence-electron chi connectivity index (χ0n) is 12.0. The van der Waals surface area contributed by atoms with Crippen LogP contribution in [-0.4, -0.2) is 44.2 Å². The Labute approximate surface area is 123 Å². The molecule has 1 aliphatic heterocycles. The van der Waals surface area contributed by atoms with E-state index in [9.17, 15) is 4.79 Å². The van der Waals surface area contributed by atoms with Crippen molar-refractivity contribution in [1.82, 2.24) is 10.3 Å². The summed E-state index contributed by atoms with van der Waals surface area (Å²) in [5.41, 5.74) is 5.82. The monoisotopic (exact) mass is 298 g/mol. The average molecular weight is 298 g/mol. The van der Waals surface area contributed by atoms with Crippen LogP contribution in [0.1, 0.15) is 29.4 Å². The average Bonchev–Trinajstić information content (AvgIpc) is 3.07. The van der Waals surface area contributed by atoms with E-state index in [0.29, 0.717) is 23.2 Å². The first kappa shape index (κ1) is 15.1. The number of nitrogen functional groups attached to an aromatic ring is 1. The molecule has 1 aromatic rings. The Kier molecular flexibility index (Phi) is 5.19. The second-order valence-corrected chi connectivity index (χ2v) is 5.98. The molecule has 112 valence electrons. The van der Waals surface area contributed by atoms with E-state index >= 15 is 0 Å². The van der Waals surface area contributed by atoms with Gasteiger partial charge in [-0.2, -0.15) is 0 Å². The van der Waals surface area contributed by atoms with E-state index in [0.717, 1.165) is 37.7 Å². The molecule has 0 radical (unpaired) electrons. The van der Waals surface area contributed by atoms with Gasteiger partial charge in [-0.05, 0) is 25.7 Å². The molecule has 1 aliphatic rings. The maximum absolute atomic E-state index is 12.1. The molecule has 20 heavy (non-hydrogen) atoms. The van der Waals surface area contributed by atoms with Gasteiger partial charge in [-0.25, -0.2) is 4.98 Å². The fourth-order valence-corrected chi connectivity index (χ4v) is 2.99. The molecule has 1 saturated heterocycles. The molecule has 1 amide bonds. The zero-order chi connectivity index (χ0) is 14.5. The summed E-state index contributed by atoms with van der Waals surface area (Å²) < 4.78 is 5.31. The highest BCUT2D eigenvalue weighted by atomic mass is 32.1. The van der Waals surface area contributed by atoms with Crippen LogP contribution in [0.3, 0.4) is 0 Å². The molecule has 0 saturated carbocycles. The van der Waals surface area contributed by atoms with Crippen LogP contribution in [0.2, 0.25) is 0 Å². The molecule has 3 N–H and O–H groups in total. The molecule has 0 bridgehead atoms. The van der Waals surface area contributed by atoms with Crippen LogP contribution in [-0.2, 0) is 4.74 Å². The molecule has 6 nitrogen and oxygen atoms in total. The number of carbonyl (C=O) groups is 1. The van der Waals surface area contributed by atoms with E-state index in [1.54, 1.807) is 0 Å². The lowest BCUT2D eigenvalue weighted by molar-refractivity contribution is 0.0955. The van der Waals surface area contributed by atoms with Crippen LogP contribution in [0.15, 0.2) is 0 Å². The van der Waals surface area contributed by atoms with Crippen molar-refractivity contribution in [2.24, 2.45) is 5.92 Å². The quantitative estimate of drug-likeness (QED) is 0.828. The Morgan fingerprint density at radius 1 is 1.65 bits per heavy atom.